The number of hydrogen-bond donors (Lipinski definition) is 2. The van der Waals surface area contributed by atoms with Gasteiger partial charge >= 0.3 is 6.03 Å². The Bertz CT molecular complexity index is 689. The molecule has 0 fully saturated rings. The average Bonchev–Trinajstić information content (AvgIpc) is 2.60. The zero-order valence-corrected chi connectivity index (χ0v) is 13.3. The van der Waals surface area contributed by atoms with E-state index in [9.17, 15) is 4.79 Å². The van der Waals surface area contributed by atoms with E-state index in [0.29, 0.717) is 24.7 Å². The predicted molar refractivity (Wildman–Crippen MR) is 90.7 cm³/mol. The highest BCUT2D eigenvalue weighted by Gasteiger charge is 2.05. The second-order valence-corrected chi connectivity index (χ2v) is 4.65. The van der Waals surface area contributed by atoms with Crippen LogP contribution >= 0.6 is 0 Å². The molecule has 0 heterocycles. The van der Waals surface area contributed by atoms with E-state index in [-0.39, 0.29) is 0 Å². The highest BCUT2D eigenvalue weighted by atomic mass is 16.5. The van der Waals surface area contributed by atoms with Crippen molar-refractivity contribution < 1.29 is 19.0 Å². The van der Waals surface area contributed by atoms with Crippen molar-refractivity contribution in [2.24, 2.45) is 10.8 Å². The Balaban J connectivity index is 1.88. The quantitative estimate of drug-likeness (QED) is 0.441. The Hall–Kier alpha value is -3.22. The van der Waals surface area contributed by atoms with Crippen LogP contribution in [0.3, 0.4) is 0 Å². The fourth-order valence-electron chi connectivity index (χ4n) is 1.88. The minimum Gasteiger partial charge on any atom is -0.493 e. The number of benzene rings is 2. The molecule has 0 spiro atoms. The number of para-hydroxylation sites is 1. The Kier molecular flexibility index (Phi) is 6.46. The number of rotatable bonds is 8. The first kappa shape index (κ1) is 17.1. The van der Waals surface area contributed by atoms with Crippen molar-refractivity contribution in [2.45, 2.75) is 0 Å². The summed E-state index contributed by atoms with van der Waals surface area (Å²) in [6.07, 6.45) is 1.45. The molecule has 0 aromatic heterocycles. The van der Waals surface area contributed by atoms with Crippen LogP contribution < -0.4 is 25.4 Å². The monoisotopic (exact) mass is 329 g/mol. The number of carbonyl (C=O) groups is 1. The van der Waals surface area contributed by atoms with Crippen LogP contribution in [0.2, 0.25) is 0 Å². The van der Waals surface area contributed by atoms with Crippen LogP contribution in [0.5, 0.6) is 17.2 Å². The summed E-state index contributed by atoms with van der Waals surface area (Å²) < 4.78 is 16.5. The van der Waals surface area contributed by atoms with Gasteiger partial charge in [0.15, 0.2) is 11.5 Å². The number of hydrazone groups is 1. The second-order valence-electron chi connectivity index (χ2n) is 4.65. The molecule has 0 bridgehead atoms. The summed E-state index contributed by atoms with van der Waals surface area (Å²) in [4.78, 5) is 10.6. The fourth-order valence-corrected chi connectivity index (χ4v) is 1.88. The topological polar surface area (TPSA) is 95.2 Å². The minimum absolute atomic E-state index is 0.377. The van der Waals surface area contributed by atoms with Crippen LogP contribution in [-0.2, 0) is 0 Å². The summed E-state index contributed by atoms with van der Waals surface area (Å²) in [7, 11) is 1.55. The molecule has 0 saturated carbocycles. The van der Waals surface area contributed by atoms with Crippen molar-refractivity contribution in [2.75, 3.05) is 20.3 Å². The second kappa shape index (κ2) is 9.04. The van der Waals surface area contributed by atoms with Gasteiger partial charge in [-0.25, -0.2) is 10.2 Å². The first-order chi connectivity index (χ1) is 11.7. The number of hydrogen-bond acceptors (Lipinski definition) is 5. The van der Waals surface area contributed by atoms with Gasteiger partial charge in [0, 0.05) is 0 Å². The van der Waals surface area contributed by atoms with E-state index in [0.717, 1.165) is 11.3 Å². The standard InChI is InChI=1S/C17H19N3O4/c1-22-16-11-13(12-19-20-17(18)21)7-8-15(16)24-10-9-23-14-5-3-2-4-6-14/h2-8,11-12H,9-10H2,1H3,(H3,18,20,21). The number of carbonyl (C=O) groups excluding carboxylic acids is 1. The van der Waals surface area contributed by atoms with Crippen molar-refractivity contribution in [3.05, 3.63) is 54.1 Å². The number of urea groups is 1. The molecule has 7 nitrogen and oxygen atoms in total. The highest BCUT2D eigenvalue weighted by molar-refractivity contribution is 5.82. The maximum atomic E-state index is 10.6. The summed E-state index contributed by atoms with van der Waals surface area (Å²) in [5.74, 6) is 1.94. The first-order valence-electron chi connectivity index (χ1n) is 7.26. The van der Waals surface area contributed by atoms with Gasteiger partial charge in [0.1, 0.15) is 19.0 Å². The van der Waals surface area contributed by atoms with E-state index >= 15 is 0 Å². The Morgan fingerprint density at radius 3 is 2.58 bits per heavy atom. The lowest BCUT2D eigenvalue weighted by molar-refractivity contribution is 0.211. The molecule has 2 aromatic carbocycles. The van der Waals surface area contributed by atoms with Gasteiger partial charge in [-0.2, -0.15) is 5.10 Å². The number of nitrogens with two attached hydrogens (primary N) is 1. The molecule has 126 valence electrons. The van der Waals surface area contributed by atoms with E-state index in [4.69, 9.17) is 19.9 Å². The molecule has 2 rings (SSSR count). The maximum Gasteiger partial charge on any atom is 0.332 e. The lowest BCUT2D eigenvalue weighted by Gasteiger charge is -2.12. The van der Waals surface area contributed by atoms with Gasteiger partial charge in [-0.05, 0) is 35.9 Å². The third-order valence-electron chi connectivity index (χ3n) is 2.93. The SMILES string of the molecule is COc1cc(C=NNC(N)=O)ccc1OCCOc1ccccc1. The van der Waals surface area contributed by atoms with Crippen LogP contribution in [0.1, 0.15) is 5.56 Å². The van der Waals surface area contributed by atoms with E-state index in [1.165, 1.54) is 6.21 Å². The lowest BCUT2D eigenvalue weighted by Crippen LogP contribution is -2.24. The Labute approximate surface area is 140 Å². The molecule has 0 atom stereocenters. The van der Waals surface area contributed by atoms with Gasteiger partial charge in [-0.1, -0.05) is 18.2 Å². The average molecular weight is 329 g/mol. The largest absolute Gasteiger partial charge is 0.493 e. The normalized spacial score (nSPS) is 10.4. The first-order valence-corrected chi connectivity index (χ1v) is 7.26. The van der Waals surface area contributed by atoms with Gasteiger partial charge < -0.3 is 19.9 Å². The van der Waals surface area contributed by atoms with Crippen molar-refractivity contribution in [3.8, 4) is 17.2 Å². The Morgan fingerprint density at radius 1 is 1.12 bits per heavy atom. The number of methoxy groups -OCH3 is 1. The van der Waals surface area contributed by atoms with Crippen molar-refractivity contribution in [1.29, 1.82) is 0 Å². The summed E-state index contributed by atoms with van der Waals surface area (Å²) in [6, 6.07) is 14.1. The van der Waals surface area contributed by atoms with Crippen LogP contribution in [0, 0.1) is 0 Å². The van der Waals surface area contributed by atoms with E-state index in [1.807, 2.05) is 30.3 Å². The minimum atomic E-state index is -0.725. The molecule has 2 aromatic rings. The summed E-state index contributed by atoms with van der Waals surface area (Å²) in [5.41, 5.74) is 7.78. The van der Waals surface area contributed by atoms with Gasteiger partial charge in [-0.15, -0.1) is 0 Å². The fraction of sp³-hybridized carbons (Fsp3) is 0.176. The van der Waals surface area contributed by atoms with E-state index < -0.39 is 6.03 Å². The molecule has 0 saturated heterocycles. The summed E-state index contributed by atoms with van der Waals surface area (Å²) in [6.45, 7) is 0.792. The molecule has 0 radical (unpaired) electrons. The van der Waals surface area contributed by atoms with E-state index in [2.05, 4.69) is 10.5 Å². The molecule has 0 aliphatic heterocycles. The van der Waals surface area contributed by atoms with Gasteiger partial charge in [-0.3, -0.25) is 0 Å². The van der Waals surface area contributed by atoms with Crippen LogP contribution in [0.25, 0.3) is 0 Å². The van der Waals surface area contributed by atoms with Gasteiger partial charge in [0.05, 0.1) is 13.3 Å². The van der Waals surface area contributed by atoms with Crippen LogP contribution in [0.15, 0.2) is 53.6 Å². The predicted octanol–water partition coefficient (Wildman–Crippen LogP) is 2.16. The molecule has 0 unspecified atom stereocenters. The number of nitrogens with zero attached hydrogens (tertiary/aromatic N) is 1. The number of amides is 2. The molecule has 3 N–H and O–H groups in total. The molecule has 24 heavy (non-hydrogen) atoms. The number of nitrogens with one attached hydrogen (secondary N) is 1. The maximum absolute atomic E-state index is 10.6. The zero-order valence-electron chi connectivity index (χ0n) is 13.3. The number of ether oxygens (including phenoxy) is 3. The van der Waals surface area contributed by atoms with Gasteiger partial charge in [0.2, 0.25) is 0 Å². The van der Waals surface area contributed by atoms with Crippen LogP contribution in [0.4, 0.5) is 4.79 Å². The molecular weight excluding hydrogens is 310 g/mol. The van der Waals surface area contributed by atoms with Crippen molar-refractivity contribution >= 4 is 12.2 Å². The van der Waals surface area contributed by atoms with Crippen molar-refractivity contribution in [1.82, 2.24) is 5.43 Å². The smallest absolute Gasteiger partial charge is 0.332 e. The third kappa shape index (κ3) is 5.53. The zero-order chi connectivity index (χ0) is 17.2. The molecular formula is C17H19N3O4. The molecule has 0 aliphatic carbocycles. The summed E-state index contributed by atoms with van der Waals surface area (Å²) >= 11 is 0. The molecule has 7 heteroatoms. The molecule has 2 amide bonds. The number of primary amides is 1. The van der Waals surface area contributed by atoms with Crippen molar-refractivity contribution in [3.63, 3.8) is 0 Å². The molecule has 0 aliphatic rings. The van der Waals surface area contributed by atoms with E-state index in [1.54, 1.807) is 25.3 Å². The highest BCUT2D eigenvalue weighted by Crippen LogP contribution is 2.27. The van der Waals surface area contributed by atoms with Crippen LogP contribution in [-0.4, -0.2) is 32.6 Å². The third-order valence-corrected chi connectivity index (χ3v) is 2.93. The Morgan fingerprint density at radius 2 is 1.88 bits per heavy atom. The van der Waals surface area contributed by atoms with Gasteiger partial charge in [0.25, 0.3) is 0 Å². The summed E-state index contributed by atoms with van der Waals surface area (Å²) in [5, 5.41) is 3.69. The lowest BCUT2D eigenvalue weighted by atomic mass is 10.2.